The first kappa shape index (κ1) is 21.4. The first-order valence-electron chi connectivity index (χ1n) is 10.7. The normalized spacial score (nSPS) is 17.8. The van der Waals surface area contributed by atoms with E-state index in [2.05, 4.69) is 25.1 Å². The number of aliphatic hydroxyl groups excluding tert-OH is 2. The average molecular weight is 362 g/mol. The Kier molecular flexibility index (Phi) is 9.10. The molecule has 0 bridgehead atoms. The molecule has 26 heavy (non-hydrogen) atoms. The zero-order valence-electron chi connectivity index (χ0n) is 16.7. The molecule has 0 radical (unpaired) electrons. The Balaban J connectivity index is 1.98. The number of hydrogen-bond acceptors (Lipinski definition) is 3. The van der Waals surface area contributed by atoms with Crippen LogP contribution in [0.25, 0.3) is 0 Å². The Morgan fingerprint density at radius 2 is 1.77 bits per heavy atom. The number of rotatable bonds is 11. The van der Waals surface area contributed by atoms with Crippen molar-refractivity contribution in [3.8, 4) is 0 Å². The summed E-state index contributed by atoms with van der Waals surface area (Å²) in [5, 5.41) is 19.1. The summed E-state index contributed by atoms with van der Waals surface area (Å²) in [6.45, 7) is 1.94. The third kappa shape index (κ3) is 6.37. The van der Waals surface area contributed by atoms with Crippen LogP contribution in [-0.4, -0.2) is 29.0 Å². The molecule has 1 aromatic rings. The molecule has 0 saturated carbocycles. The van der Waals surface area contributed by atoms with Gasteiger partial charge in [-0.15, -0.1) is 0 Å². The molecule has 1 aliphatic rings. The van der Waals surface area contributed by atoms with Gasteiger partial charge in [-0.05, 0) is 61.1 Å². The first-order chi connectivity index (χ1) is 12.6. The highest BCUT2D eigenvalue weighted by atomic mass is 16.3. The lowest BCUT2D eigenvalue weighted by Gasteiger charge is -2.30. The third-order valence-corrected chi connectivity index (χ3v) is 6.00. The Bertz CT molecular complexity index is 525. The van der Waals surface area contributed by atoms with E-state index in [0.717, 1.165) is 12.8 Å². The molecule has 0 aliphatic heterocycles. The molecule has 4 N–H and O–H groups in total. The molecule has 3 nitrogen and oxygen atoms in total. The quantitative estimate of drug-likeness (QED) is 0.402. The topological polar surface area (TPSA) is 66.5 Å². The minimum atomic E-state index is -0.872. The van der Waals surface area contributed by atoms with Gasteiger partial charge in [-0.2, -0.15) is 0 Å². The van der Waals surface area contributed by atoms with Gasteiger partial charge in [0.2, 0.25) is 0 Å². The van der Waals surface area contributed by atoms with Crippen molar-refractivity contribution in [1.29, 1.82) is 0 Å². The van der Waals surface area contributed by atoms with Gasteiger partial charge in [0.1, 0.15) is 0 Å². The highest BCUT2D eigenvalue weighted by molar-refractivity contribution is 5.36. The number of hydrogen-bond donors (Lipinski definition) is 3. The summed E-state index contributed by atoms with van der Waals surface area (Å²) in [5.41, 5.74) is 9.63. The summed E-state index contributed by atoms with van der Waals surface area (Å²) < 4.78 is 0. The number of benzene rings is 1. The van der Waals surface area contributed by atoms with Crippen LogP contribution in [-0.2, 0) is 12.8 Å². The molecule has 148 valence electrons. The van der Waals surface area contributed by atoms with E-state index in [9.17, 15) is 10.2 Å². The molecule has 1 unspecified atom stereocenters. The summed E-state index contributed by atoms with van der Waals surface area (Å²) in [6.07, 6.45) is 14.5. The second kappa shape index (κ2) is 11.1. The molecule has 0 heterocycles. The van der Waals surface area contributed by atoms with Crippen LogP contribution in [0.1, 0.15) is 93.7 Å². The van der Waals surface area contributed by atoms with Gasteiger partial charge in [-0.3, -0.25) is 0 Å². The maximum atomic E-state index is 9.57. The SMILES string of the molecule is CCCCCCCCc1ccc2c(c1)CCCCC2CC(N)(CO)CO. The van der Waals surface area contributed by atoms with Gasteiger partial charge in [0.25, 0.3) is 0 Å². The summed E-state index contributed by atoms with van der Waals surface area (Å²) in [5.74, 6) is 0.347. The second-order valence-electron chi connectivity index (χ2n) is 8.38. The van der Waals surface area contributed by atoms with E-state index >= 15 is 0 Å². The van der Waals surface area contributed by atoms with Crippen molar-refractivity contribution < 1.29 is 10.2 Å². The smallest absolute Gasteiger partial charge is 0.0633 e. The average Bonchev–Trinajstić information content (AvgIpc) is 2.86. The molecule has 1 aliphatic carbocycles. The van der Waals surface area contributed by atoms with Gasteiger partial charge >= 0.3 is 0 Å². The molecule has 0 spiro atoms. The number of aryl methyl sites for hydroxylation is 2. The van der Waals surface area contributed by atoms with Crippen LogP contribution in [0.5, 0.6) is 0 Å². The second-order valence-corrected chi connectivity index (χ2v) is 8.38. The fourth-order valence-corrected chi connectivity index (χ4v) is 4.28. The van der Waals surface area contributed by atoms with Crippen LogP contribution < -0.4 is 5.73 Å². The zero-order valence-corrected chi connectivity index (χ0v) is 16.7. The summed E-state index contributed by atoms with van der Waals surface area (Å²) >= 11 is 0. The summed E-state index contributed by atoms with van der Waals surface area (Å²) in [7, 11) is 0. The molecule has 0 fully saturated rings. The van der Waals surface area contributed by atoms with Gasteiger partial charge in [-0.1, -0.05) is 63.6 Å². The van der Waals surface area contributed by atoms with Crippen LogP contribution >= 0.6 is 0 Å². The Morgan fingerprint density at radius 3 is 2.50 bits per heavy atom. The molecule has 0 aromatic heterocycles. The van der Waals surface area contributed by atoms with Crippen molar-refractivity contribution in [2.24, 2.45) is 5.73 Å². The van der Waals surface area contributed by atoms with Crippen molar-refractivity contribution in [2.45, 2.75) is 95.4 Å². The van der Waals surface area contributed by atoms with Gasteiger partial charge in [0, 0.05) is 0 Å². The maximum Gasteiger partial charge on any atom is 0.0633 e. The van der Waals surface area contributed by atoms with Crippen LogP contribution in [0, 0.1) is 0 Å². The minimum absolute atomic E-state index is 0.161. The Hall–Kier alpha value is -0.900. The fraction of sp³-hybridized carbons (Fsp3) is 0.739. The van der Waals surface area contributed by atoms with Gasteiger partial charge in [0.05, 0.1) is 18.8 Å². The Morgan fingerprint density at radius 1 is 1.04 bits per heavy atom. The molecule has 1 atom stereocenters. The number of unbranched alkanes of at least 4 members (excludes halogenated alkanes) is 5. The zero-order chi connectivity index (χ0) is 18.8. The number of aliphatic hydroxyl groups is 2. The standard InChI is InChI=1S/C23H39NO2/c1-2-3-4-5-6-7-10-19-13-14-22-20(15-19)11-8-9-12-21(22)16-23(24,17-25)18-26/h13-15,21,25-26H,2-12,16-18,24H2,1H3. The molecular weight excluding hydrogens is 322 g/mol. The summed E-state index contributed by atoms with van der Waals surface area (Å²) in [4.78, 5) is 0. The first-order valence-corrected chi connectivity index (χ1v) is 10.7. The van der Waals surface area contributed by atoms with Crippen LogP contribution in [0.15, 0.2) is 18.2 Å². The van der Waals surface area contributed by atoms with Crippen LogP contribution in [0.2, 0.25) is 0 Å². The van der Waals surface area contributed by atoms with Gasteiger partial charge in [-0.25, -0.2) is 0 Å². The van der Waals surface area contributed by atoms with Gasteiger partial charge in [0.15, 0.2) is 0 Å². The molecule has 3 heteroatoms. The number of fused-ring (bicyclic) bond motifs is 1. The Labute approximate surface area is 160 Å². The molecular formula is C23H39NO2. The number of nitrogens with two attached hydrogens (primary N) is 1. The lowest BCUT2D eigenvalue weighted by Crippen LogP contribution is -2.48. The minimum Gasteiger partial charge on any atom is -0.394 e. The highest BCUT2D eigenvalue weighted by Crippen LogP contribution is 2.36. The van der Waals surface area contributed by atoms with Crippen molar-refractivity contribution >= 4 is 0 Å². The monoisotopic (exact) mass is 361 g/mol. The van der Waals surface area contributed by atoms with E-state index in [1.165, 1.54) is 74.5 Å². The van der Waals surface area contributed by atoms with Gasteiger partial charge < -0.3 is 15.9 Å². The molecule has 1 aromatic carbocycles. The predicted molar refractivity (Wildman–Crippen MR) is 110 cm³/mol. The predicted octanol–water partition coefficient (Wildman–Crippen LogP) is 4.47. The molecule has 0 saturated heterocycles. The maximum absolute atomic E-state index is 9.57. The molecule has 0 amide bonds. The van der Waals surface area contributed by atoms with E-state index in [1.807, 2.05) is 0 Å². The van der Waals surface area contributed by atoms with E-state index in [-0.39, 0.29) is 13.2 Å². The fourth-order valence-electron chi connectivity index (χ4n) is 4.28. The van der Waals surface area contributed by atoms with Crippen LogP contribution in [0.3, 0.4) is 0 Å². The van der Waals surface area contributed by atoms with E-state index in [4.69, 9.17) is 5.73 Å². The van der Waals surface area contributed by atoms with Crippen molar-refractivity contribution in [2.75, 3.05) is 13.2 Å². The lowest BCUT2D eigenvalue weighted by atomic mass is 9.81. The molecule has 2 rings (SSSR count). The third-order valence-electron chi connectivity index (χ3n) is 6.00. The van der Waals surface area contributed by atoms with Crippen molar-refractivity contribution in [3.05, 3.63) is 34.9 Å². The van der Waals surface area contributed by atoms with Crippen molar-refractivity contribution in [1.82, 2.24) is 0 Å². The largest absolute Gasteiger partial charge is 0.394 e. The van der Waals surface area contributed by atoms with Crippen LogP contribution in [0.4, 0.5) is 0 Å². The van der Waals surface area contributed by atoms with E-state index in [0.29, 0.717) is 12.3 Å². The van der Waals surface area contributed by atoms with Crippen molar-refractivity contribution in [3.63, 3.8) is 0 Å². The van der Waals surface area contributed by atoms with E-state index in [1.54, 1.807) is 0 Å². The highest BCUT2D eigenvalue weighted by Gasteiger charge is 2.30. The lowest BCUT2D eigenvalue weighted by molar-refractivity contribution is 0.107. The summed E-state index contributed by atoms with van der Waals surface area (Å²) in [6, 6.07) is 7.00. The van der Waals surface area contributed by atoms with E-state index < -0.39 is 5.54 Å².